The van der Waals surface area contributed by atoms with E-state index in [4.69, 9.17) is 21.0 Å². The number of hydroxylamine groups is 2. The van der Waals surface area contributed by atoms with Gasteiger partial charge in [-0.25, -0.2) is 18.2 Å². The van der Waals surface area contributed by atoms with Crippen molar-refractivity contribution in [2.45, 2.75) is 44.5 Å². The summed E-state index contributed by atoms with van der Waals surface area (Å²) in [4.78, 5) is 46.3. The highest BCUT2D eigenvalue weighted by molar-refractivity contribution is 7.80. The molecule has 2 amide bonds. The summed E-state index contributed by atoms with van der Waals surface area (Å²) in [6, 6.07) is -1.34. The van der Waals surface area contributed by atoms with E-state index in [-0.39, 0.29) is 10.8 Å². The monoisotopic (exact) mass is 604 g/mol. The number of carbonyl (C=O) groups excluding carboxylic acids is 2. The molecule has 2 aromatic rings. The molecule has 18 nitrogen and oxygen atoms in total. The molecule has 0 saturated carbocycles. The third-order valence-electron chi connectivity index (χ3n) is 5.63. The number of aromatic nitrogens is 3. The second kappa shape index (κ2) is 12.1. The maximum Gasteiger partial charge on any atom is 0.351 e. The fourth-order valence-corrected chi connectivity index (χ4v) is 4.53. The zero-order chi connectivity index (χ0) is 29.8. The van der Waals surface area contributed by atoms with Crippen LogP contribution in [-0.2, 0) is 47.5 Å². The number of amides is 2. The van der Waals surface area contributed by atoms with Gasteiger partial charge in [0.15, 0.2) is 17.9 Å². The van der Waals surface area contributed by atoms with Gasteiger partial charge in [-0.2, -0.15) is 14.0 Å². The smallest absolute Gasteiger partial charge is 0.351 e. The predicted octanol–water partition coefficient (Wildman–Crippen LogP) is -2.55. The van der Waals surface area contributed by atoms with Gasteiger partial charge in [-0.1, -0.05) is 5.16 Å². The lowest BCUT2D eigenvalue weighted by Gasteiger charge is -2.51. The molecule has 0 aromatic carbocycles. The van der Waals surface area contributed by atoms with Gasteiger partial charge in [0.1, 0.15) is 24.5 Å². The van der Waals surface area contributed by atoms with Crippen molar-refractivity contribution in [2.24, 2.45) is 17.9 Å². The topological polar surface area (TPSA) is 258 Å². The van der Waals surface area contributed by atoms with Crippen LogP contribution >= 0.6 is 11.3 Å². The number of aliphatic carboxylic acids is 1. The van der Waals surface area contributed by atoms with Crippen molar-refractivity contribution < 1.29 is 51.0 Å². The summed E-state index contributed by atoms with van der Waals surface area (Å²) < 4.78 is 46.0. The Balaban J connectivity index is 1.75. The number of carboxylic acids is 1. The van der Waals surface area contributed by atoms with E-state index in [9.17, 15) is 32.5 Å². The van der Waals surface area contributed by atoms with Crippen LogP contribution in [0.25, 0.3) is 0 Å². The number of ether oxygens (including phenoxy) is 1. The van der Waals surface area contributed by atoms with E-state index in [1.807, 2.05) is 4.68 Å². The number of nitrogen functional groups attached to an aromatic ring is 1. The third kappa shape index (κ3) is 7.21. The van der Waals surface area contributed by atoms with Crippen LogP contribution < -0.4 is 26.2 Å². The van der Waals surface area contributed by atoms with E-state index < -0.39 is 58.2 Å². The molecule has 1 fully saturated rings. The van der Waals surface area contributed by atoms with Gasteiger partial charge in [0.25, 0.3) is 17.9 Å². The number of thiazole rings is 1. The number of carboxylic acid groups (broad SMARTS) is 1. The molecule has 20 heteroatoms. The average Bonchev–Trinajstić information content (AvgIpc) is 3.45. The Morgan fingerprint density at radius 1 is 1.43 bits per heavy atom. The van der Waals surface area contributed by atoms with Crippen molar-refractivity contribution in [2.75, 3.05) is 18.9 Å². The van der Waals surface area contributed by atoms with E-state index in [1.165, 1.54) is 19.2 Å². The number of hydrogen-bond donors (Lipinski definition) is 4. The first-order valence-corrected chi connectivity index (χ1v) is 13.7. The van der Waals surface area contributed by atoms with Crippen molar-refractivity contribution in [3.05, 3.63) is 23.5 Å². The van der Waals surface area contributed by atoms with Gasteiger partial charge in [0, 0.05) is 5.38 Å². The van der Waals surface area contributed by atoms with Gasteiger partial charge in [-0.3, -0.25) is 9.59 Å². The molecule has 220 valence electrons. The zero-order valence-corrected chi connectivity index (χ0v) is 23.2. The minimum Gasteiger partial charge on any atom is -0.724 e. The Bertz CT molecular complexity index is 1400. The Kier molecular flexibility index (Phi) is 9.30. The van der Waals surface area contributed by atoms with Gasteiger partial charge in [0.05, 0.1) is 12.1 Å². The van der Waals surface area contributed by atoms with E-state index in [0.29, 0.717) is 23.9 Å². The van der Waals surface area contributed by atoms with Crippen LogP contribution in [0.4, 0.5) is 5.13 Å². The van der Waals surface area contributed by atoms with E-state index in [2.05, 4.69) is 19.7 Å². The molecular formula is C20H28N8O10S2. The summed E-state index contributed by atoms with van der Waals surface area (Å²) in [6.45, 7) is 3.28. The number of anilines is 1. The molecule has 2 atom stereocenters. The minimum atomic E-state index is -5.25. The Labute approximate surface area is 232 Å². The Morgan fingerprint density at radius 2 is 2.12 bits per heavy atom. The van der Waals surface area contributed by atoms with Crippen LogP contribution in [0.1, 0.15) is 26.0 Å². The molecule has 0 aliphatic carbocycles. The number of nitrogens with one attached hydrogen (secondary N) is 1. The maximum absolute atomic E-state index is 13.1. The van der Waals surface area contributed by atoms with Crippen LogP contribution in [0.15, 0.2) is 22.9 Å². The first kappa shape index (κ1) is 30.7. The van der Waals surface area contributed by atoms with Crippen molar-refractivity contribution in [3.63, 3.8) is 0 Å². The molecule has 1 aliphatic heterocycles. The number of nitrogens with zero attached hydrogens (tertiary/aromatic N) is 5. The fraction of sp³-hybridized carbons (Fsp3) is 0.500. The van der Waals surface area contributed by atoms with Gasteiger partial charge < -0.3 is 36.0 Å². The molecule has 3 heterocycles. The van der Waals surface area contributed by atoms with E-state index in [1.54, 1.807) is 24.1 Å². The van der Waals surface area contributed by atoms with Crippen LogP contribution in [0.3, 0.4) is 0 Å². The number of nitrogens with two attached hydrogens (primary N) is 2. The van der Waals surface area contributed by atoms with Crippen molar-refractivity contribution in [1.29, 1.82) is 0 Å². The molecule has 1 aliphatic rings. The summed E-state index contributed by atoms with van der Waals surface area (Å²) in [6.07, 6.45) is 2.33. The summed E-state index contributed by atoms with van der Waals surface area (Å²) >= 11 is 0.953. The number of β-lactam (4-membered cyclic amide) rings is 1. The van der Waals surface area contributed by atoms with E-state index >= 15 is 0 Å². The second-order valence-electron chi connectivity index (χ2n) is 8.97. The van der Waals surface area contributed by atoms with Crippen LogP contribution in [0.5, 0.6) is 5.75 Å². The standard InChI is InChI=1S/C20H28N8O10S2/c1-20(2)15(17(30)28(20)38-40(33,34)35)24-16(29)14(12-10-39-19(22)23-12)25-37-13(18(31)32)9-36-11-7-26(3)27(8-11)6-4-5-21/h7-8,10,13,15H,4-6,9,21H2,1-3H3,(H4-,22,23,24,29,31,32,33,34,35). The number of hydrogen-bond acceptors (Lipinski definition) is 14. The molecule has 3 rings (SSSR count). The molecule has 0 radical (unpaired) electrons. The van der Waals surface area contributed by atoms with Gasteiger partial charge >= 0.3 is 5.97 Å². The van der Waals surface area contributed by atoms with Crippen LogP contribution in [0, 0.1) is 0 Å². The highest BCUT2D eigenvalue weighted by Gasteiger charge is 2.57. The first-order chi connectivity index (χ1) is 18.6. The van der Waals surface area contributed by atoms with Crippen molar-refractivity contribution in [1.82, 2.24) is 20.0 Å². The highest BCUT2D eigenvalue weighted by Crippen LogP contribution is 2.32. The zero-order valence-electron chi connectivity index (χ0n) is 21.5. The lowest BCUT2D eigenvalue weighted by molar-refractivity contribution is -0.753. The summed E-state index contributed by atoms with van der Waals surface area (Å²) in [5.74, 6) is -3.16. The third-order valence-corrected chi connectivity index (χ3v) is 6.64. The lowest BCUT2D eigenvalue weighted by Crippen LogP contribution is -2.76. The summed E-state index contributed by atoms with van der Waals surface area (Å²) in [5.41, 5.74) is 9.11. The molecule has 6 N–H and O–H groups in total. The predicted molar refractivity (Wildman–Crippen MR) is 134 cm³/mol. The van der Waals surface area contributed by atoms with Crippen LogP contribution in [0.2, 0.25) is 0 Å². The van der Waals surface area contributed by atoms with Gasteiger partial charge in [-0.15, -0.1) is 16.0 Å². The number of oxime groups is 1. The SMILES string of the molecule is C[n+]1cc(OCC(ON=C(C(=O)NC2C(=O)N(OS(=O)(=O)[O-])C2(C)C)c2csc(N)n2)C(=O)O)cn1CCCN. The maximum atomic E-state index is 13.1. The molecular weight excluding hydrogens is 576 g/mol. The number of carbonyl (C=O) groups is 3. The molecule has 0 bridgehead atoms. The minimum absolute atomic E-state index is 0.0564. The van der Waals surface area contributed by atoms with E-state index in [0.717, 1.165) is 17.8 Å². The van der Waals surface area contributed by atoms with Crippen molar-refractivity contribution in [3.8, 4) is 5.75 Å². The van der Waals surface area contributed by atoms with Gasteiger partial charge in [-0.05, 0) is 26.8 Å². The van der Waals surface area contributed by atoms with Crippen LogP contribution in [-0.4, -0.2) is 87.1 Å². The first-order valence-electron chi connectivity index (χ1n) is 11.5. The normalized spacial score (nSPS) is 17.7. The highest BCUT2D eigenvalue weighted by atomic mass is 32.3. The summed E-state index contributed by atoms with van der Waals surface area (Å²) in [5, 5.41) is 17.3. The number of rotatable bonds is 14. The lowest BCUT2D eigenvalue weighted by atomic mass is 9.84. The fourth-order valence-electron chi connectivity index (χ4n) is 3.53. The Hall–Kier alpha value is -3.85. The van der Waals surface area contributed by atoms with Gasteiger partial charge in [0.2, 0.25) is 22.3 Å². The average molecular weight is 605 g/mol. The molecule has 1 saturated heterocycles. The molecule has 40 heavy (non-hydrogen) atoms. The molecule has 2 aromatic heterocycles. The largest absolute Gasteiger partial charge is 0.724 e. The Morgan fingerprint density at radius 3 is 2.67 bits per heavy atom. The molecule has 2 unspecified atom stereocenters. The summed E-state index contributed by atoms with van der Waals surface area (Å²) in [7, 11) is -3.49. The van der Waals surface area contributed by atoms with Crippen molar-refractivity contribution >= 4 is 50.4 Å². The molecule has 0 spiro atoms. The number of aryl methyl sites for hydroxylation is 2. The quantitative estimate of drug-likeness (QED) is 0.0433. The second-order valence-corrected chi connectivity index (χ2v) is 10.8.